The topological polar surface area (TPSA) is 249 Å². The third-order valence-corrected chi connectivity index (χ3v) is 11.0. The molecule has 364 valence electrons. The van der Waals surface area contributed by atoms with Crippen LogP contribution in [0.25, 0.3) is 5.59 Å². The first-order chi connectivity index (χ1) is 31.2. The summed E-state index contributed by atoms with van der Waals surface area (Å²) in [4.78, 5) is 78.9. The smallest absolute Gasteiger partial charge is 1.00 e. The van der Waals surface area contributed by atoms with Crippen LogP contribution in [0.1, 0.15) is 81.7 Å². The molecule has 68 heavy (non-hydrogen) atoms. The number of esters is 4. The number of aryl methyl sites for hydroxylation is 2. The average molecular weight is 1140 g/mol. The van der Waals surface area contributed by atoms with Crippen LogP contribution in [0.4, 0.5) is 0 Å². The quantitative estimate of drug-likeness (QED) is 0.0436. The van der Waals surface area contributed by atoms with Crippen molar-refractivity contribution in [3.63, 3.8) is 0 Å². The first-order valence-electron chi connectivity index (χ1n) is 20.5. The van der Waals surface area contributed by atoms with Crippen molar-refractivity contribution >= 4 is 111 Å². The molecule has 3 atom stereocenters. The van der Waals surface area contributed by atoms with Gasteiger partial charge in [-0.15, -0.1) is 0 Å². The van der Waals surface area contributed by atoms with Gasteiger partial charge in [0.2, 0.25) is 0 Å². The van der Waals surface area contributed by atoms with Crippen molar-refractivity contribution in [2.45, 2.75) is 87.9 Å². The van der Waals surface area contributed by atoms with Crippen molar-refractivity contribution in [1.29, 1.82) is 0 Å². The Hall–Kier alpha value is -0.794. The fraction of sp³-hybridized carbons (Fsp3) is 0.468. The van der Waals surface area contributed by atoms with E-state index in [2.05, 4.69) is 112 Å². The molecule has 1 fully saturated rings. The zero-order valence-corrected chi connectivity index (χ0v) is 51.1. The largest absolute Gasteiger partial charge is 2.00 e. The second kappa shape index (κ2) is 46.0. The van der Waals surface area contributed by atoms with Gasteiger partial charge < -0.3 is 48.3 Å². The number of nitrogens with two attached hydrogens (primary N) is 1. The summed E-state index contributed by atoms with van der Waals surface area (Å²) < 4.78 is 23.0. The Kier molecular flexibility index (Phi) is 49.9. The van der Waals surface area contributed by atoms with Gasteiger partial charge in [0, 0.05) is 30.1 Å². The maximum absolute atomic E-state index is 12.4. The Morgan fingerprint density at radius 1 is 0.706 bits per heavy atom. The molecule has 1 aliphatic heterocycles. The van der Waals surface area contributed by atoms with Gasteiger partial charge in [-0.2, -0.15) is 7.11 Å². The van der Waals surface area contributed by atoms with Crippen molar-refractivity contribution in [3.05, 3.63) is 112 Å². The van der Waals surface area contributed by atoms with Gasteiger partial charge in [0.05, 0.1) is 34.5 Å². The number of methoxy groups -OCH3 is 4. The van der Waals surface area contributed by atoms with E-state index >= 15 is 0 Å². The molecular formula is C47H64Br2CaKN2NaO14. The van der Waals surface area contributed by atoms with E-state index in [1.165, 1.54) is 63.5 Å². The van der Waals surface area contributed by atoms with Crippen LogP contribution in [-0.4, -0.2) is 132 Å². The predicted octanol–water partition coefficient (Wildman–Crippen LogP) is -0.138. The Balaban J connectivity index is -0.000000182. The molecule has 2 aliphatic carbocycles. The Bertz CT molecular complexity index is 1820. The van der Waals surface area contributed by atoms with Crippen LogP contribution in [0.5, 0.6) is 0 Å². The van der Waals surface area contributed by atoms with Gasteiger partial charge in [-0.1, -0.05) is 105 Å². The number of halogens is 2. The van der Waals surface area contributed by atoms with Gasteiger partial charge in [0.15, 0.2) is 11.6 Å². The van der Waals surface area contributed by atoms with Crippen LogP contribution >= 0.6 is 31.9 Å². The number of benzene rings is 3. The van der Waals surface area contributed by atoms with Crippen molar-refractivity contribution in [2.75, 3.05) is 42.2 Å². The molecule has 0 amide bonds. The normalized spacial score (nSPS) is 15.7. The molecule has 0 aromatic heterocycles. The van der Waals surface area contributed by atoms with Crippen LogP contribution in [-0.2, 0) is 93.6 Å². The Morgan fingerprint density at radius 2 is 1.06 bits per heavy atom. The molecule has 6 rings (SSSR count). The van der Waals surface area contributed by atoms with E-state index in [0.717, 1.165) is 61.2 Å². The molecule has 3 aliphatic rings. The third kappa shape index (κ3) is 30.9. The Labute approximate surface area is 514 Å². The van der Waals surface area contributed by atoms with Gasteiger partial charge in [-0.05, 0) is 78.8 Å². The average Bonchev–Trinajstić information content (AvgIpc) is 3.67. The molecule has 0 bridgehead atoms. The molecule has 3 unspecified atom stereocenters. The van der Waals surface area contributed by atoms with E-state index in [9.17, 15) is 33.6 Å². The van der Waals surface area contributed by atoms with E-state index in [1.807, 2.05) is 29.9 Å². The number of carbonyl (C=O) groups excluding carboxylic acids is 7. The van der Waals surface area contributed by atoms with E-state index in [4.69, 9.17) is 15.1 Å². The molecule has 16 nitrogen and oxygen atoms in total. The van der Waals surface area contributed by atoms with Crippen LogP contribution in [0.3, 0.4) is 0 Å². The molecule has 1 saturated heterocycles. The number of ether oxygens (including phenoxy) is 5. The monoisotopic (exact) mass is 1140 g/mol. The summed E-state index contributed by atoms with van der Waals surface area (Å²) in [5.41, 5.74) is 9.23. The van der Waals surface area contributed by atoms with Crippen LogP contribution < -0.4 is 91.9 Å². The number of hydrogen-bond acceptors (Lipinski definition) is 15. The van der Waals surface area contributed by atoms with Crippen molar-refractivity contribution in [1.82, 2.24) is 0 Å². The molecular weight excluding hydrogens is 1080 g/mol. The number of rotatable bonds is 8. The number of hydrogen-bond donors (Lipinski definition) is 2. The summed E-state index contributed by atoms with van der Waals surface area (Å²) in [6.07, 6.45) is 6.17. The van der Waals surface area contributed by atoms with Crippen LogP contribution in [0, 0.1) is 11.8 Å². The molecule has 1 heterocycles. The maximum atomic E-state index is 12.4. The summed E-state index contributed by atoms with van der Waals surface area (Å²) in [6.45, 7) is 3.11. The SMILES string of the molecule is BrCc1ccccc1CBr.CC1CCCO1.COC(=O)C1Cc2ccccc2CC(C(=O)OC)C1=O.COC(=O)CC(=O)CC(=O)OC.C[O-].N[N-]O.O=C1CCc2ccccc2CC1.[Ca+2].[H-].[H-].[K+].[Na+]. The van der Waals surface area contributed by atoms with E-state index in [-0.39, 0.29) is 147 Å². The number of nitrogens with zero attached hydrogens (tertiary/aromatic N) is 1. The molecule has 0 radical (unpaired) electrons. The second-order valence-corrected chi connectivity index (χ2v) is 15.2. The van der Waals surface area contributed by atoms with Gasteiger partial charge in [-0.3, -0.25) is 33.6 Å². The maximum Gasteiger partial charge on any atom is 2.00 e. The predicted molar refractivity (Wildman–Crippen MR) is 256 cm³/mol. The fourth-order valence-electron chi connectivity index (χ4n) is 6.33. The summed E-state index contributed by atoms with van der Waals surface area (Å²) in [5, 5.41) is 17.1. The summed E-state index contributed by atoms with van der Waals surface area (Å²) >= 11 is 6.86. The van der Waals surface area contributed by atoms with Crippen molar-refractivity contribution in [2.24, 2.45) is 17.7 Å². The molecule has 21 heteroatoms. The first kappa shape index (κ1) is 73.7. The van der Waals surface area contributed by atoms with E-state index in [1.54, 1.807) is 0 Å². The summed E-state index contributed by atoms with van der Waals surface area (Å²) in [5.74, 6) is -0.922. The van der Waals surface area contributed by atoms with Gasteiger partial charge in [0.25, 0.3) is 0 Å². The van der Waals surface area contributed by atoms with Gasteiger partial charge >= 0.3 is 143 Å². The van der Waals surface area contributed by atoms with E-state index < -0.39 is 47.3 Å². The fourth-order valence-corrected chi connectivity index (χ4v) is 7.42. The number of alkyl halides is 2. The minimum absolute atomic E-state index is 0. The minimum Gasteiger partial charge on any atom is -1.00 e. The third-order valence-electron chi connectivity index (χ3n) is 9.79. The number of ketones is 3. The molecule has 0 saturated carbocycles. The molecule has 3 aromatic rings. The van der Waals surface area contributed by atoms with E-state index in [0.29, 0.717) is 11.9 Å². The molecule has 0 spiro atoms. The number of Topliss-reactive ketones (excluding diaryl/α,β-unsaturated/α-hetero) is 3. The standard InChI is InChI=1S/C15H16O5.C11H12O.C8H8Br2.C7H10O5.C5H10O.CH3O.Ca.K.H3N2O.Na.2H/c1-19-14(17)11-7-9-5-3-4-6-10(9)8-12(13(11)16)15(18)20-2;12-11-7-5-9-3-1-2-4-10(9)6-8-11;9-5-7-3-1-2-4-8(7)6-10;1-11-6(9)3-5(8)4-7(10)12-2;1-5-3-2-4-6-5;1-2;;;1-2-3;;;/h3-6,11-12H,7-8H2,1-2H3;1-4H,5-8H2;1-4H,5-6H2;3-4H2,1-2H3;5H,2-4H2,1H3;1H3;;;3H,1H2;;;/q;;;;;-1;+2;+1;-1;+1;2*-1. The Morgan fingerprint density at radius 3 is 1.34 bits per heavy atom. The zero-order valence-electron chi connectivity index (χ0n) is 42.6. The second-order valence-electron chi connectivity index (χ2n) is 14.1. The van der Waals surface area contributed by atoms with Crippen molar-refractivity contribution in [3.8, 4) is 0 Å². The molecule has 3 aromatic carbocycles. The number of carbonyl (C=O) groups is 7. The molecule has 3 N–H and O–H groups in total. The summed E-state index contributed by atoms with van der Waals surface area (Å²) in [6, 6.07) is 24.1. The summed E-state index contributed by atoms with van der Waals surface area (Å²) in [7, 11) is 5.57. The first-order valence-corrected chi connectivity index (χ1v) is 22.7. The van der Waals surface area contributed by atoms with Crippen molar-refractivity contribution < 1.29 is 151 Å². The van der Waals surface area contributed by atoms with Gasteiger partial charge in [0.1, 0.15) is 30.5 Å². The van der Waals surface area contributed by atoms with Crippen LogP contribution in [0.2, 0.25) is 0 Å². The number of fused-ring (bicyclic) bond motifs is 2. The minimum atomic E-state index is -0.951. The van der Waals surface area contributed by atoms with Crippen LogP contribution in [0.15, 0.2) is 72.8 Å². The zero-order chi connectivity index (χ0) is 49.2. The van der Waals surface area contributed by atoms with Gasteiger partial charge in [-0.25, -0.2) is 0 Å².